The summed E-state index contributed by atoms with van der Waals surface area (Å²) in [5.41, 5.74) is -0.0350. The molecule has 28 heavy (non-hydrogen) atoms. The third-order valence-corrected chi connectivity index (χ3v) is 5.14. The number of unbranched alkanes of at least 4 members (excludes halogenated alkanes) is 2. The summed E-state index contributed by atoms with van der Waals surface area (Å²) < 4.78 is 36.4. The minimum Gasteiger partial charge on any atom is -0.457 e. The van der Waals surface area contributed by atoms with Crippen LogP contribution in [0.4, 0.5) is 0 Å². The van der Waals surface area contributed by atoms with E-state index < -0.39 is 27.6 Å². The number of benzene rings is 1. The molecule has 0 aliphatic carbocycles. The molecule has 0 atom stereocenters. The molecular formula is C19H26N2O6S. The first-order valence-electron chi connectivity index (χ1n) is 9.13. The first-order valence-corrected chi connectivity index (χ1v) is 10.6. The maximum absolute atomic E-state index is 12.0. The molecule has 1 aromatic carbocycles. The van der Waals surface area contributed by atoms with Gasteiger partial charge in [-0.15, -0.1) is 0 Å². The van der Waals surface area contributed by atoms with Crippen LogP contribution in [0.5, 0.6) is 0 Å². The van der Waals surface area contributed by atoms with Gasteiger partial charge in [-0.25, -0.2) is 13.2 Å². The molecule has 0 amide bonds. The summed E-state index contributed by atoms with van der Waals surface area (Å²) in [6.45, 7) is 5.28. The first-order chi connectivity index (χ1) is 13.1. The Morgan fingerprint density at radius 2 is 1.79 bits per heavy atom. The van der Waals surface area contributed by atoms with E-state index in [4.69, 9.17) is 9.47 Å². The van der Waals surface area contributed by atoms with Crippen LogP contribution in [0.15, 0.2) is 34.2 Å². The van der Waals surface area contributed by atoms with Gasteiger partial charge in [-0.05, 0) is 45.7 Å². The zero-order valence-electron chi connectivity index (χ0n) is 16.4. The Morgan fingerprint density at radius 1 is 1.07 bits per heavy atom. The molecule has 0 saturated carbocycles. The molecule has 9 heteroatoms. The number of esters is 2. The van der Waals surface area contributed by atoms with Crippen LogP contribution in [-0.2, 0) is 29.1 Å². The van der Waals surface area contributed by atoms with Crippen molar-refractivity contribution in [3.63, 3.8) is 0 Å². The molecule has 0 aromatic heterocycles. The van der Waals surface area contributed by atoms with Gasteiger partial charge in [0.05, 0.1) is 4.90 Å². The number of carbonyl (C=O) groups excluding carboxylic acids is 2. The van der Waals surface area contributed by atoms with E-state index in [9.17, 15) is 18.0 Å². The van der Waals surface area contributed by atoms with Crippen molar-refractivity contribution in [1.29, 1.82) is 0 Å². The molecule has 0 bridgehead atoms. The first kappa shape index (κ1) is 21.9. The van der Waals surface area contributed by atoms with Gasteiger partial charge in [-0.1, -0.05) is 18.6 Å². The summed E-state index contributed by atoms with van der Waals surface area (Å²) >= 11 is 0. The van der Waals surface area contributed by atoms with E-state index in [0.29, 0.717) is 30.8 Å². The summed E-state index contributed by atoms with van der Waals surface area (Å²) in [4.78, 5) is 27.7. The average Bonchev–Trinajstić information content (AvgIpc) is 2.86. The number of fused-ring (bicyclic) bond motifs is 1. The van der Waals surface area contributed by atoms with Gasteiger partial charge in [0, 0.05) is 18.5 Å². The minimum absolute atomic E-state index is 0.203. The van der Waals surface area contributed by atoms with Crippen LogP contribution >= 0.6 is 0 Å². The van der Waals surface area contributed by atoms with Gasteiger partial charge in [0.2, 0.25) is 0 Å². The number of sulfonamides is 1. The fraction of sp³-hybridized carbons (Fsp3) is 0.526. The highest BCUT2D eigenvalue weighted by molar-refractivity contribution is 7.90. The quantitative estimate of drug-likeness (QED) is 0.519. The third kappa shape index (κ3) is 6.63. The minimum atomic E-state index is -3.52. The molecule has 0 unspecified atom stereocenters. The van der Waals surface area contributed by atoms with Gasteiger partial charge in [0.25, 0.3) is 10.0 Å². The van der Waals surface area contributed by atoms with Gasteiger partial charge in [0.15, 0.2) is 6.61 Å². The Kier molecular flexibility index (Phi) is 7.17. The van der Waals surface area contributed by atoms with Gasteiger partial charge in [0.1, 0.15) is 11.4 Å². The Bertz CT molecular complexity index is 855. The highest BCUT2D eigenvalue weighted by Crippen LogP contribution is 2.22. The number of hydrogen-bond donors (Lipinski definition) is 1. The Morgan fingerprint density at radius 3 is 2.50 bits per heavy atom. The molecular weight excluding hydrogens is 384 g/mol. The Labute approximate surface area is 165 Å². The van der Waals surface area contributed by atoms with E-state index >= 15 is 0 Å². The van der Waals surface area contributed by atoms with Crippen LogP contribution in [-0.4, -0.2) is 44.9 Å². The molecule has 0 saturated heterocycles. The van der Waals surface area contributed by atoms with Crippen molar-refractivity contribution in [2.45, 2.75) is 57.0 Å². The van der Waals surface area contributed by atoms with Gasteiger partial charge in [-0.3, -0.25) is 14.5 Å². The zero-order chi connectivity index (χ0) is 20.8. The number of hydrogen-bond acceptors (Lipinski definition) is 7. The van der Waals surface area contributed by atoms with Crippen molar-refractivity contribution in [2.75, 3.05) is 13.2 Å². The number of rotatable bonds is 8. The highest BCUT2D eigenvalue weighted by Gasteiger charge is 2.29. The lowest BCUT2D eigenvalue weighted by Gasteiger charge is -2.19. The topological polar surface area (TPSA) is 111 Å². The second-order valence-corrected chi connectivity index (χ2v) is 9.04. The van der Waals surface area contributed by atoms with Gasteiger partial charge in [-0.2, -0.15) is 0 Å². The normalized spacial score (nSPS) is 16.3. The summed E-state index contributed by atoms with van der Waals surface area (Å²) in [6.07, 6.45) is 2.23. The van der Waals surface area contributed by atoms with E-state index in [1.54, 1.807) is 45.0 Å². The van der Waals surface area contributed by atoms with Crippen LogP contribution in [0.1, 0.15) is 52.0 Å². The standard InChI is InChI=1S/C19H26N2O6S/c1-19(2,3)27-17(23)13-26-16(22)11-5-4-8-12-20-18-14-9-6-7-10-15(14)28(24,25)21-18/h6-7,9-10H,4-5,8,11-13H2,1-3H3,(H,20,21). The van der Waals surface area contributed by atoms with E-state index in [-0.39, 0.29) is 17.9 Å². The SMILES string of the molecule is CC(C)(C)OC(=O)COC(=O)CCCCCN=C1NS(=O)(=O)c2ccccc21. The molecule has 0 spiro atoms. The number of aliphatic imine (C=N–C) groups is 1. The fourth-order valence-corrected chi connectivity index (χ4v) is 3.83. The Hall–Kier alpha value is -2.42. The lowest BCUT2D eigenvalue weighted by Crippen LogP contribution is -2.27. The Balaban J connectivity index is 1.66. The predicted octanol–water partition coefficient (Wildman–Crippen LogP) is 2.17. The third-order valence-electron chi connectivity index (χ3n) is 3.74. The van der Waals surface area contributed by atoms with Crippen molar-refractivity contribution in [3.05, 3.63) is 29.8 Å². The average molecular weight is 410 g/mol. The molecule has 154 valence electrons. The molecule has 8 nitrogen and oxygen atoms in total. The number of ether oxygens (including phenoxy) is 2. The van der Waals surface area contributed by atoms with Crippen LogP contribution in [0.3, 0.4) is 0 Å². The fourth-order valence-electron chi connectivity index (χ4n) is 2.58. The largest absolute Gasteiger partial charge is 0.457 e. The second-order valence-electron chi connectivity index (χ2n) is 7.39. The lowest BCUT2D eigenvalue weighted by molar-refractivity contribution is -0.166. The second kappa shape index (κ2) is 9.18. The molecule has 1 N–H and O–H groups in total. The predicted molar refractivity (Wildman–Crippen MR) is 103 cm³/mol. The summed E-state index contributed by atoms with van der Waals surface area (Å²) in [6, 6.07) is 6.69. The van der Waals surface area contributed by atoms with Crippen LogP contribution in [0.2, 0.25) is 0 Å². The van der Waals surface area contributed by atoms with Crippen LogP contribution in [0.25, 0.3) is 0 Å². The van der Waals surface area contributed by atoms with E-state index in [2.05, 4.69) is 9.71 Å². The number of amidine groups is 1. The van der Waals surface area contributed by atoms with Gasteiger partial charge < -0.3 is 9.47 Å². The summed E-state index contributed by atoms with van der Waals surface area (Å²) in [5, 5.41) is 0. The lowest BCUT2D eigenvalue weighted by atomic mass is 10.2. The molecule has 1 aliphatic rings. The summed E-state index contributed by atoms with van der Waals surface area (Å²) in [7, 11) is -3.52. The van der Waals surface area contributed by atoms with Crippen LogP contribution < -0.4 is 4.72 Å². The highest BCUT2D eigenvalue weighted by atomic mass is 32.2. The van der Waals surface area contributed by atoms with Crippen molar-refractivity contribution >= 4 is 27.8 Å². The molecule has 2 rings (SSSR count). The number of carbonyl (C=O) groups is 2. The van der Waals surface area contributed by atoms with E-state index in [1.807, 2.05) is 0 Å². The van der Waals surface area contributed by atoms with Gasteiger partial charge >= 0.3 is 11.9 Å². The zero-order valence-corrected chi connectivity index (χ0v) is 17.2. The smallest absolute Gasteiger partial charge is 0.344 e. The van der Waals surface area contributed by atoms with Crippen molar-refractivity contribution in [3.8, 4) is 0 Å². The monoisotopic (exact) mass is 410 g/mol. The molecule has 1 aliphatic heterocycles. The van der Waals surface area contributed by atoms with E-state index in [0.717, 1.165) is 6.42 Å². The van der Waals surface area contributed by atoms with Crippen LogP contribution in [0, 0.1) is 0 Å². The van der Waals surface area contributed by atoms with E-state index in [1.165, 1.54) is 0 Å². The molecule has 0 radical (unpaired) electrons. The molecule has 1 heterocycles. The number of nitrogens with one attached hydrogen (secondary N) is 1. The van der Waals surface area contributed by atoms with Crippen molar-refractivity contribution in [1.82, 2.24) is 4.72 Å². The van der Waals surface area contributed by atoms with Crippen molar-refractivity contribution in [2.24, 2.45) is 4.99 Å². The summed E-state index contributed by atoms with van der Waals surface area (Å²) in [5.74, 6) is -0.669. The number of nitrogens with zero attached hydrogens (tertiary/aromatic N) is 1. The maximum atomic E-state index is 12.0. The molecule has 0 fully saturated rings. The molecule has 1 aromatic rings. The van der Waals surface area contributed by atoms with Crippen molar-refractivity contribution < 1.29 is 27.5 Å². The maximum Gasteiger partial charge on any atom is 0.344 e.